The third-order valence-electron chi connectivity index (χ3n) is 2.05. The molecule has 1 aliphatic rings. The van der Waals surface area contributed by atoms with Crippen molar-refractivity contribution in [2.75, 3.05) is 13.6 Å². The Balaban J connectivity index is 2.29. The van der Waals surface area contributed by atoms with Gasteiger partial charge in [-0.25, -0.2) is 4.79 Å². The zero-order valence-electron chi connectivity index (χ0n) is 8.06. The molecule has 2 N–H and O–H groups in total. The van der Waals surface area contributed by atoms with Gasteiger partial charge in [-0.3, -0.25) is 4.79 Å². The molecule has 0 bridgehead atoms. The Bertz CT molecular complexity index is 255. The minimum absolute atomic E-state index is 0.124. The standard InChI is InChI=1S/C9H14N2O3/c1-11(6-8(12)13)9(14)10-7-4-2-3-5-7/h2-3,7H,4-6H2,1H3,(H,10,14)(H,12,13). The van der Waals surface area contributed by atoms with Crippen molar-refractivity contribution in [3.05, 3.63) is 12.2 Å². The Kier molecular flexibility index (Phi) is 3.50. The molecule has 0 aliphatic heterocycles. The summed E-state index contributed by atoms with van der Waals surface area (Å²) in [6.07, 6.45) is 5.66. The quantitative estimate of drug-likeness (QED) is 0.646. The molecule has 0 saturated heterocycles. The van der Waals surface area contributed by atoms with Gasteiger partial charge in [0.2, 0.25) is 0 Å². The summed E-state index contributed by atoms with van der Waals surface area (Å²) in [5.41, 5.74) is 0. The third kappa shape index (κ3) is 3.08. The van der Waals surface area contributed by atoms with Gasteiger partial charge in [-0.1, -0.05) is 12.2 Å². The van der Waals surface area contributed by atoms with Gasteiger partial charge >= 0.3 is 12.0 Å². The molecule has 0 spiro atoms. The number of nitrogens with one attached hydrogen (secondary N) is 1. The number of carbonyl (C=O) groups is 2. The number of hydrogen-bond acceptors (Lipinski definition) is 2. The van der Waals surface area contributed by atoms with Crippen molar-refractivity contribution in [1.29, 1.82) is 0 Å². The fourth-order valence-corrected chi connectivity index (χ4v) is 1.29. The lowest BCUT2D eigenvalue weighted by Gasteiger charge is -2.19. The first-order valence-electron chi connectivity index (χ1n) is 4.48. The first-order chi connectivity index (χ1) is 6.59. The van der Waals surface area contributed by atoms with Crippen molar-refractivity contribution >= 4 is 12.0 Å². The van der Waals surface area contributed by atoms with Crippen molar-refractivity contribution in [3.8, 4) is 0 Å². The van der Waals surface area contributed by atoms with Gasteiger partial charge < -0.3 is 15.3 Å². The highest BCUT2D eigenvalue weighted by molar-refractivity contribution is 5.80. The van der Waals surface area contributed by atoms with E-state index in [0.717, 1.165) is 17.7 Å². The third-order valence-corrected chi connectivity index (χ3v) is 2.05. The molecule has 2 amide bonds. The molecule has 14 heavy (non-hydrogen) atoms. The van der Waals surface area contributed by atoms with Crippen LogP contribution in [0, 0.1) is 0 Å². The lowest BCUT2D eigenvalue weighted by molar-refractivity contribution is -0.137. The lowest BCUT2D eigenvalue weighted by Crippen LogP contribution is -2.44. The highest BCUT2D eigenvalue weighted by atomic mass is 16.4. The monoisotopic (exact) mass is 198 g/mol. The van der Waals surface area contributed by atoms with Gasteiger partial charge in [0.05, 0.1) is 0 Å². The van der Waals surface area contributed by atoms with Crippen molar-refractivity contribution in [3.63, 3.8) is 0 Å². The van der Waals surface area contributed by atoms with E-state index in [9.17, 15) is 9.59 Å². The summed E-state index contributed by atoms with van der Waals surface area (Å²) >= 11 is 0. The topological polar surface area (TPSA) is 69.6 Å². The van der Waals surface area contributed by atoms with E-state index in [0.29, 0.717) is 0 Å². The average Bonchev–Trinajstić information content (AvgIpc) is 2.55. The van der Waals surface area contributed by atoms with Gasteiger partial charge in [-0.15, -0.1) is 0 Å². The van der Waals surface area contributed by atoms with Crippen molar-refractivity contribution < 1.29 is 14.7 Å². The average molecular weight is 198 g/mol. The number of hydrogen-bond donors (Lipinski definition) is 2. The van der Waals surface area contributed by atoms with Crippen LogP contribution in [0.2, 0.25) is 0 Å². The first-order valence-corrected chi connectivity index (χ1v) is 4.48. The Morgan fingerprint density at radius 3 is 2.57 bits per heavy atom. The number of nitrogens with zero attached hydrogens (tertiary/aromatic N) is 1. The first kappa shape index (κ1) is 10.6. The highest BCUT2D eigenvalue weighted by Crippen LogP contribution is 2.09. The zero-order chi connectivity index (χ0) is 10.6. The maximum Gasteiger partial charge on any atom is 0.323 e. The van der Waals surface area contributed by atoms with E-state index in [1.165, 1.54) is 7.05 Å². The van der Waals surface area contributed by atoms with Crippen LogP contribution in [0.4, 0.5) is 4.79 Å². The molecular formula is C9H14N2O3. The summed E-state index contributed by atoms with van der Waals surface area (Å²) in [7, 11) is 1.46. The molecule has 78 valence electrons. The molecule has 5 nitrogen and oxygen atoms in total. The molecule has 0 atom stereocenters. The molecule has 0 aromatic heterocycles. The normalized spacial score (nSPS) is 15.5. The SMILES string of the molecule is CN(CC(=O)O)C(=O)NC1CC=CC1. The van der Waals surface area contributed by atoms with Crippen LogP contribution < -0.4 is 5.32 Å². The molecule has 0 heterocycles. The highest BCUT2D eigenvalue weighted by Gasteiger charge is 2.17. The molecule has 0 saturated carbocycles. The van der Waals surface area contributed by atoms with Gasteiger partial charge in [-0.2, -0.15) is 0 Å². The second-order valence-electron chi connectivity index (χ2n) is 3.34. The summed E-state index contributed by atoms with van der Waals surface area (Å²) in [5.74, 6) is -1.01. The molecule has 0 unspecified atom stereocenters. The van der Waals surface area contributed by atoms with Gasteiger partial charge in [-0.05, 0) is 12.8 Å². The number of carboxylic acids is 1. The minimum atomic E-state index is -1.01. The molecule has 0 aromatic carbocycles. The Hall–Kier alpha value is -1.52. The van der Waals surface area contributed by atoms with Crippen LogP contribution >= 0.6 is 0 Å². The van der Waals surface area contributed by atoms with E-state index in [-0.39, 0.29) is 18.6 Å². The maximum atomic E-state index is 11.4. The Morgan fingerprint density at radius 2 is 2.07 bits per heavy atom. The molecule has 0 radical (unpaired) electrons. The van der Waals surface area contributed by atoms with E-state index in [2.05, 4.69) is 5.32 Å². The Labute approximate surface area is 82.4 Å². The number of likely N-dealkylation sites (N-methyl/N-ethyl adjacent to an activating group) is 1. The molecule has 0 fully saturated rings. The van der Waals surface area contributed by atoms with Crippen molar-refractivity contribution in [2.24, 2.45) is 0 Å². The number of aliphatic carboxylic acids is 1. The second-order valence-corrected chi connectivity index (χ2v) is 3.34. The van der Waals surface area contributed by atoms with Crippen LogP contribution in [0.5, 0.6) is 0 Å². The number of urea groups is 1. The van der Waals surface area contributed by atoms with E-state index in [4.69, 9.17) is 5.11 Å². The maximum absolute atomic E-state index is 11.4. The number of amides is 2. The molecule has 5 heteroatoms. The summed E-state index contributed by atoms with van der Waals surface area (Å²) in [6, 6.07) is -0.208. The Morgan fingerprint density at radius 1 is 1.50 bits per heavy atom. The summed E-state index contributed by atoms with van der Waals surface area (Å²) in [4.78, 5) is 22.8. The summed E-state index contributed by atoms with van der Waals surface area (Å²) in [5, 5.41) is 11.2. The van der Waals surface area contributed by atoms with Crippen LogP contribution in [-0.2, 0) is 4.79 Å². The smallest absolute Gasteiger partial charge is 0.323 e. The molecule has 1 aliphatic carbocycles. The summed E-state index contributed by atoms with van der Waals surface area (Å²) < 4.78 is 0. The van der Waals surface area contributed by atoms with Gasteiger partial charge in [0.15, 0.2) is 0 Å². The van der Waals surface area contributed by atoms with Crippen molar-refractivity contribution in [2.45, 2.75) is 18.9 Å². The van der Waals surface area contributed by atoms with Crippen LogP contribution in [0.1, 0.15) is 12.8 Å². The second kappa shape index (κ2) is 4.64. The van der Waals surface area contributed by atoms with E-state index < -0.39 is 5.97 Å². The summed E-state index contributed by atoms with van der Waals surface area (Å²) in [6.45, 7) is -0.272. The fourth-order valence-electron chi connectivity index (χ4n) is 1.29. The van der Waals surface area contributed by atoms with Gasteiger partial charge in [0, 0.05) is 13.1 Å². The van der Waals surface area contributed by atoms with Crippen LogP contribution in [-0.4, -0.2) is 41.6 Å². The van der Waals surface area contributed by atoms with Crippen LogP contribution in [0.25, 0.3) is 0 Å². The molecular weight excluding hydrogens is 184 g/mol. The number of carboxylic acid groups (broad SMARTS) is 1. The zero-order valence-corrected chi connectivity index (χ0v) is 8.06. The van der Waals surface area contributed by atoms with Gasteiger partial charge in [0.25, 0.3) is 0 Å². The van der Waals surface area contributed by atoms with Crippen molar-refractivity contribution in [1.82, 2.24) is 10.2 Å². The van der Waals surface area contributed by atoms with E-state index >= 15 is 0 Å². The number of rotatable bonds is 3. The lowest BCUT2D eigenvalue weighted by atomic mass is 10.2. The number of carbonyl (C=O) groups excluding carboxylic acids is 1. The predicted octanol–water partition coefficient (Wildman–Crippen LogP) is 0.431. The van der Waals surface area contributed by atoms with Crippen LogP contribution in [0.15, 0.2) is 12.2 Å². The molecule has 0 aromatic rings. The predicted molar refractivity (Wildman–Crippen MR) is 51.0 cm³/mol. The van der Waals surface area contributed by atoms with Gasteiger partial charge in [0.1, 0.15) is 6.54 Å². The van der Waals surface area contributed by atoms with E-state index in [1.54, 1.807) is 0 Å². The largest absolute Gasteiger partial charge is 0.480 e. The van der Waals surface area contributed by atoms with E-state index in [1.807, 2.05) is 12.2 Å². The van der Waals surface area contributed by atoms with Crippen LogP contribution in [0.3, 0.4) is 0 Å². The fraction of sp³-hybridized carbons (Fsp3) is 0.556. The minimum Gasteiger partial charge on any atom is -0.480 e. The molecule has 1 rings (SSSR count).